The van der Waals surface area contributed by atoms with Gasteiger partial charge in [-0.1, -0.05) is 19.1 Å². The van der Waals surface area contributed by atoms with Gasteiger partial charge in [0.1, 0.15) is 0 Å². The quantitative estimate of drug-likeness (QED) is 0.635. The molecule has 6 nitrogen and oxygen atoms in total. The Kier molecular flexibility index (Phi) is 7.76. The molecule has 4 rings (SSSR count). The molecule has 0 spiro atoms. The minimum atomic E-state index is 0.0132. The number of thioether (sulfide) groups is 1. The van der Waals surface area contributed by atoms with Crippen LogP contribution in [0, 0.1) is 11.8 Å². The third-order valence-corrected chi connectivity index (χ3v) is 8.09. The summed E-state index contributed by atoms with van der Waals surface area (Å²) in [6.45, 7) is 6.90. The van der Waals surface area contributed by atoms with E-state index in [0.29, 0.717) is 30.3 Å². The molecule has 1 atom stereocenters. The van der Waals surface area contributed by atoms with E-state index in [-0.39, 0.29) is 23.6 Å². The van der Waals surface area contributed by atoms with E-state index in [2.05, 4.69) is 6.92 Å². The molecular weight excluding hydrogens is 422 g/mol. The fourth-order valence-corrected chi connectivity index (χ4v) is 6.06. The summed E-state index contributed by atoms with van der Waals surface area (Å²) < 4.78 is 0. The fraction of sp³-hybridized carbons (Fsp3) is 0.640. The maximum absolute atomic E-state index is 13.3. The highest BCUT2D eigenvalue weighted by atomic mass is 32.2. The van der Waals surface area contributed by atoms with Crippen LogP contribution in [0.15, 0.2) is 29.2 Å². The van der Waals surface area contributed by atoms with Crippen molar-refractivity contribution in [2.75, 3.05) is 45.0 Å². The summed E-state index contributed by atoms with van der Waals surface area (Å²) in [7, 11) is 0. The summed E-state index contributed by atoms with van der Waals surface area (Å²) in [5, 5.41) is 0. The number of rotatable bonds is 5. The van der Waals surface area contributed by atoms with Gasteiger partial charge in [0.15, 0.2) is 0 Å². The highest BCUT2D eigenvalue weighted by Crippen LogP contribution is 2.28. The van der Waals surface area contributed by atoms with Crippen molar-refractivity contribution in [3.8, 4) is 0 Å². The Balaban J connectivity index is 1.32. The molecular formula is C25H35N3O3S. The standard InChI is InChI=1S/C25H35N3O3S/c1-19-7-6-14-28(17-19)24(30)20-10-15-27(16-11-20)25(31)21-8-2-3-9-22(21)32-18-23(29)26-12-4-5-13-26/h2-3,8-9,19-20H,4-7,10-18H2,1H3. The molecule has 7 heteroatoms. The van der Waals surface area contributed by atoms with Crippen LogP contribution < -0.4 is 0 Å². The predicted octanol–water partition coefficient (Wildman–Crippen LogP) is 3.51. The van der Waals surface area contributed by atoms with Gasteiger partial charge in [0.25, 0.3) is 5.91 Å². The van der Waals surface area contributed by atoms with E-state index < -0.39 is 0 Å². The summed E-state index contributed by atoms with van der Waals surface area (Å²) >= 11 is 1.46. The van der Waals surface area contributed by atoms with Gasteiger partial charge in [-0.25, -0.2) is 0 Å². The van der Waals surface area contributed by atoms with Crippen molar-refractivity contribution in [1.29, 1.82) is 0 Å². The highest BCUT2D eigenvalue weighted by Gasteiger charge is 2.32. The monoisotopic (exact) mass is 457 g/mol. The van der Waals surface area contributed by atoms with Crippen LogP contribution in [0.2, 0.25) is 0 Å². The zero-order chi connectivity index (χ0) is 22.5. The molecule has 3 aliphatic heterocycles. The zero-order valence-electron chi connectivity index (χ0n) is 19.1. The van der Waals surface area contributed by atoms with Gasteiger partial charge in [0, 0.05) is 50.1 Å². The van der Waals surface area contributed by atoms with Crippen LogP contribution in [0.25, 0.3) is 0 Å². The molecule has 3 amide bonds. The van der Waals surface area contributed by atoms with Crippen LogP contribution in [0.3, 0.4) is 0 Å². The van der Waals surface area contributed by atoms with Crippen LogP contribution in [-0.4, -0.2) is 77.4 Å². The molecule has 0 radical (unpaired) electrons. The minimum absolute atomic E-state index is 0.0132. The number of hydrogen-bond acceptors (Lipinski definition) is 4. The molecule has 0 N–H and O–H groups in total. The maximum Gasteiger partial charge on any atom is 0.254 e. The lowest BCUT2D eigenvalue weighted by Crippen LogP contribution is -2.47. The minimum Gasteiger partial charge on any atom is -0.342 e. The van der Waals surface area contributed by atoms with Gasteiger partial charge < -0.3 is 14.7 Å². The number of benzene rings is 1. The number of nitrogens with zero attached hydrogens (tertiary/aromatic N) is 3. The average molecular weight is 458 g/mol. The number of hydrogen-bond donors (Lipinski definition) is 0. The number of amides is 3. The summed E-state index contributed by atoms with van der Waals surface area (Å²) in [5.74, 6) is 1.43. The molecule has 0 saturated carbocycles. The zero-order valence-corrected chi connectivity index (χ0v) is 19.9. The summed E-state index contributed by atoms with van der Waals surface area (Å²) in [6.07, 6.45) is 5.94. The Morgan fingerprint density at radius 2 is 1.56 bits per heavy atom. The van der Waals surface area contributed by atoms with Crippen molar-refractivity contribution in [1.82, 2.24) is 14.7 Å². The average Bonchev–Trinajstić information content (AvgIpc) is 3.37. The Morgan fingerprint density at radius 1 is 0.875 bits per heavy atom. The van der Waals surface area contributed by atoms with E-state index in [9.17, 15) is 14.4 Å². The molecule has 32 heavy (non-hydrogen) atoms. The molecule has 1 unspecified atom stereocenters. The second-order valence-corrected chi connectivity index (χ2v) is 10.5. The first-order valence-electron chi connectivity index (χ1n) is 12.1. The van der Waals surface area contributed by atoms with E-state index >= 15 is 0 Å². The SMILES string of the molecule is CC1CCCN(C(=O)C2CCN(C(=O)c3ccccc3SCC(=O)N3CCCC3)CC2)C1. The highest BCUT2D eigenvalue weighted by molar-refractivity contribution is 8.00. The van der Waals surface area contributed by atoms with Crippen LogP contribution >= 0.6 is 11.8 Å². The molecule has 0 bridgehead atoms. The van der Waals surface area contributed by atoms with Gasteiger partial charge in [-0.2, -0.15) is 0 Å². The van der Waals surface area contributed by atoms with Crippen molar-refractivity contribution < 1.29 is 14.4 Å². The molecule has 3 heterocycles. The number of carbonyl (C=O) groups excluding carboxylic acids is 3. The first kappa shape index (κ1) is 23.1. The summed E-state index contributed by atoms with van der Waals surface area (Å²) in [6, 6.07) is 7.59. The Bertz CT molecular complexity index is 831. The van der Waals surface area contributed by atoms with Crippen molar-refractivity contribution in [3.63, 3.8) is 0 Å². The topological polar surface area (TPSA) is 60.9 Å². The van der Waals surface area contributed by atoms with E-state index in [0.717, 1.165) is 63.2 Å². The largest absolute Gasteiger partial charge is 0.342 e. The number of likely N-dealkylation sites (tertiary alicyclic amines) is 3. The first-order chi connectivity index (χ1) is 15.5. The Labute approximate surface area is 195 Å². The third kappa shape index (κ3) is 5.48. The molecule has 3 fully saturated rings. The molecule has 3 saturated heterocycles. The first-order valence-corrected chi connectivity index (χ1v) is 13.1. The Morgan fingerprint density at radius 3 is 2.28 bits per heavy atom. The molecule has 174 valence electrons. The molecule has 1 aromatic rings. The van der Waals surface area contributed by atoms with E-state index in [1.807, 2.05) is 39.0 Å². The Hall–Kier alpha value is -2.02. The second kappa shape index (κ2) is 10.7. The van der Waals surface area contributed by atoms with Crippen LogP contribution in [0.5, 0.6) is 0 Å². The molecule has 1 aromatic carbocycles. The second-order valence-electron chi connectivity index (χ2n) is 9.47. The normalized spacial score (nSPS) is 22.3. The summed E-state index contributed by atoms with van der Waals surface area (Å²) in [5.41, 5.74) is 0.668. The van der Waals surface area contributed by atoms with Gasteiger partial charge in [-0.3, -0.25) is 14.4 Å². The van der Waals surface area contributed by atoms with Gasteiger partial charge in [-0.05, 0) is 56.6 Å². The summed E-state index contributed by atoms with van der Waals surface area (Å²) in [4.78, 5) is 45.3. The van der Waals surface area contributed by atoms with Crippen LogP contribution in [0.4, 0.5) is 0 Å². The fourth-order valence-electron chi connectivity index (χ4n) is 5.11. The predicted molar refractivity (Wildman–Crippen MR) is 127 cm³/mol. The van der Waals surface area contributed by atoms with Gasteiger partial charge >= 0.3 is 0 Å². The molecule has 3 aliphatic rings. The van der Waals surface area contributed by atoms with E-state index in [4.69, 9.17) is 0 Å². The lowest BCUT2D eigenvalue weighted by molar-refractivity contribution is -0.138. The van der Waals surface area contributed by atoms with Gasteiger partial charge in [0.2, 0.25) is 11.8 Å². The van der Waals surface area contributed by atoms with E-state index in [1.54, 1.807) is 0 Å². The van der Waals surface area contributed by atoms with Crippen molar-refractivity contribution >= 4 is 29.5 Å². The van der Waals surface area contributed by atoms with Gasteiger partial charge in [-0.15, -0.1) is 11.8 Å². The lowest BCUT2D eigenvalue weighted by Gasteiger charge is -2.37. The maximum atomic E-state index is 13.3. The van der Waals surface area contributed by atoms with E-state index in [1.165, 1.54) is 18.2 Å². The van der Waals surface area contributed by atoms with Crippen molar-refractivity contribution in [2.24, 2.45) is 11.8 Å². The number of piperidine rings is 2. The molecule has 0 aliphatic carbocycles. The number of carbonyl (C=O) groups is 3. The van der Waals surface area contributed by atoms with Crippen LogP contribution in [-0.2, 0) is 9.59 Å². The van der Waals surface area contributed by atoms with Crippen molar-refractivity contribution in [3.05, 3.63) is 29.8 Å². The lowest BCUT2D eigenvalue weighted by atomic mass is 9.92. The third-order valence-electron chi connectivity index (χ3n) is 7.03. The van der Waals surface area contributed by atoms with Crippen molar-refractivity contribution in [2.45, 2.75) is 50.3 Å². The molecule has 0 aromatic heterocycles. The van der Waals surface area contributed by atoms with Crippen LogP contribution in [0.1, 0.15) is 55.8 Å². The smallest absolute Gasteiger partial charge is 0.254 e. The van der Waals surface area contributed by atoms with Gasteiger partial charge in [0.05, 0.1) is 11.3 Å².